The largest absolute Gasteiger partial charge is 0.366 e. The van der Waals surface area contributed by atoms with Crippen LogP contribution in [0.1, 0.15) is 43.2 Å². The van der Waals surface area contributed by atoms with E-state index in [4.69, 9.17) is 4.74 Å². The average molecular weight is 336 g/mol. The molecule has 20 heavy (non-hydrogen) atoms. The second kappa shape index (κ2) is 4.82. The summed E-state index contributed by atoms with van der Waals surface area (Å²) in [5.74, 6) is 0. The van der Waals surface area contributed by atoms with Crippen LogP contribution in [0, 0.1) is 0 Å². The van der Waals surface area contributed by atoms with Crippen LogP contribution in [-0.2, 0) is 17.6 Å². The van der Waals surface area contributed by atoms with Crippen molar-refractivity contribution in [1.82, 2.24) is 5.32 Å². The molecular weight excluding hydrogens is 314 g/mol. The molecule has 2 fully saturated rings. The molecule has 3 heteroatoms. The lowest BCUT2D eigenvalue weighted by atomic mass is 9.78. The number of ether oxygens (including phenoxy) is 1. The molecule has 1 aromatic rings. The highest BCUT2D eigenvalue weighted by Crippen LogP contribution is 2.43. The first-order chi connectivity index (χ1) is 9.69. The third-order valence-corrected chi connectivity index (χ3v) is 5.87. The molecule has 1 aliphatic heterocycles. The van der Waals surface area contributed by atoms with Crippen molar-refractivity contribution in [1.29, 1.82) is 0 Å². The Morgan fingerprint density at radius 1 is 1.00 bits per heavy atom. The van der Waals surface area contributed by atoms with Gasteiger partial charge in [-0.2, -0.15) is 0 Å². The molecule has 4 rings (SSSR count). The smallest absolute Gasteiger partial charge is 0.0857 e. The van der Waals surface area contributed by atoms with E-state index in [1.54, 1.807) is 0 Å². The molecule has 2 spiro atoms. The van der Waals surface area contributed by atoms with E-state index in [9.17, 15) is 0 Å². The van der Waals surface area contributed by atoms with Crippen molar-refractivity contribution in [2.45, 2.75) is 56.1 Å². The standard InChI is InChI=1S/C17H22BrNO/c18-15-4-3-14-10-17(8-5-13(14)9-15)12-19-11-16(20-17)6-1-2-7-16/h3-4,9,19H,1-2,5-8,10-12H2. The van der Waals surface area contributed by atoms with Gasteiger partial charge in [0.1, 0.15) is 0 Å². The molecule has 2 nitrogen and oxygen atoms in total. The highest BCUT2D eigenvalue weighted by molar-refractivity contribution is 9.10. The van der Waals surface area contributed by atoms with Crippen molar-refractivity contribution in [3.63, 3.8) is 0 Å². The Kier molecular flexibility index (Phi) is 3.21. The molecule has 1 unspecified atom stereocenters. The van der Waals surface area contributed by atoms with Gasteiger partial charge in [0.15, 0.2) is 0 Å². The first-order valence-electron chi connectivity index (χ1n) is 7.87. The summed E-state index contributed by atoms with van der Waals surface area (Å²) in [4.78, 5) is 0. The van der Waals surface area contributed by atoms with Gasteiger partial charge in [-0.1, -0.05) is 34.8 Å². The Morgan fingerprint density at radius 3 is 2.65 bits per heavy atom. The first kappa shape index (κ1) is 13.3. The summed E-state index contributed by atoms with van der Waals surface area (Å²) in [6, 6.07) is 6.73. The number of aryl methyl sites for hydroxylation is 1. The maximum atomic E-state index is 6.78. The van der Waals surface area contributed by atoms with E-state index in [0.717, 1.165) is 32.4 Å². The normalized spacial score (nSPS) is 31.6. The van der Waals surface area contributed by atoms with Crippen LogP contribution in [0.2, 0.25) is 0 Å². The Balaban J connectivity index is 1.61. The zero-order valence-electron chi connectivity index (χ0n) is 11.9. The van der Waals surface area contributed by atoms with E-state index >= 15 is 0 Å². The van der Waals surface area contributed by atoms with Gasteiger partial charge in [-0.15, -0.1) is 0 Å². The van der Waals surface area contributed by atoms with Crippen molar-refractivity contribution in [2.24, 2.45) is 0 Å². The van der Waals surface area contributed by atoms with E-state index in [0.29, 0.717) is 0 Å². The summed E-state index contributed by atoms with van der Waals surface area (Å²) >= 11 is 3.58. The monoisotopic (exact) mass is 335 g/mol. The molecule has 3 aliphatic rings. The number of hydrogen-bond acceptors (Lipinski definition) is 2. The molecule has 0 amide bonds. The van der Waals surface area contributed by atoms with Gasteiger partial charge in [-0.05, 0) is 48.9 Å². The second-order valence-electron chi connectivity index (χ2n) is 6.87. The van der Waals surface area contributed by atoms with Crippen molar-refractivity contribution in [2.75, 3.05) is 13.1 Å². The Bertz CT molecular complexity index is 524. The maximum absolute atomic E-state index is 6.78. The summed E-state index contributed by atoms with van der Waals surface area (Å²) in [6.45, 7) is 2.08. The van der Waals surface area contributed by atoms with Crippen LogP contribution in [0.3, 0.4) is 0 Å². The number of morpholine rings is 1. The van der Waals surface area contributed by atoms with E-state index in [2.05, 4.69) is 39.4 Å². The van der Waals surface area contributed by atoms with Crippen molar-refractivity contribution >= 4 is 15.9 Å². The highest BCUT2D eigenvalue weighted by Gasteiger charge is 2.47. The van der Waals surface area contributed by atoms with E-state index in [-0.39, 0.29) is 11.2 Å². The Labute approximate surface area is 129 Å². The van der Waals surface area contributed by atoms with Crippen LogP contribution in [0.15, 0.2) is 22.7 Å². The van der Waals surface area contributed by atoms with Gasteiger partial charge in [0.2, 0.25) is 0 Å². The van der Waals surface area contributed by atoms with Gasteiger partial charge >= 0.3 is 0 Å². The molecule has 1 N–H and O–H groups in total. The minimum absolute atomic E-state index is 0.0451. The average Bonchev–Trinajstić information content (AvgIpc) is 2.87. The summed E-state index contributed by atoms with van der Waals surface area (Å²) in [6.07, 6.45) is 8.54. The SMILES string of the molecule is Brc1ccc2c(c1)CCC1(CNCC3(CCCC3)O1)C2. The highest BCUT2D eigenvalue weighted by atomic mass is 79.9. The van der Waals surface area contributed by atoms with Crippen molar-refractivity contribution in [3.8, 4) is 0 Å². The van der Waals surface area contributed by atoms with Gasteiger partial charge in [0, 0.05) is 24.0 Å². The fourth-order valence-corrected chi connectivity index (χ4v) is 4.79. The van der Waals surface area contributed by atoms with E-state index in [1.807, 2.05) is 0 Å². The van der Waals surface area contributed by atoms with E-state index < -0.39 is 0 Å². The van der Waals surface area contributed by atoms with Crippen LogP contribution < -0.4 is 5.32 Å². The van der Waals surface area contributed by atoms with Crippen LogP contribution in [0.4, 0.5) is 0 Å². The lowest BCUT2D eigenvalue weighted by Gasteiger charge is -2.49. The number of rotatable bonds is 0. The third-order valence-electron chi connectivity index (χ3n) is 5.37. The van der Waals surface area contributed by atoms with Gasteiger partial charge in [0.25, 0.3) is 0 Å². The number of fused-ring (bicyclic) bond motifs is 1. The van der Waals surface area contributed by atoms with Gasteiger partial charge < -0.3 is 10.1 Å². The maximum Gasteiger partial charge on any atom is 0.0857 e. The molecule has 1 atom stereocenters. The zero-order valence-corrected chi connectivity index (χ0v) is 13.5. The summed E-state index contributed by atoms with van der Waals surface area (Å²) in [5, 5.41) is 3.69. The zero-order chi connectivity index (χ0) is 13.6. The lowest BCUT2D eigenvalue weighted by Crippen LogP contribution is -2.61. The number of halogens is 1. The number of benzene rings is 1. The Hall–Kier alpha value is -0.380. The molecule has 1 heterocycles. The molecule has 1 saturated carbocycles. The summed E-state index contributed by atoms with van der Waals surface area (Å²) < 4.78 is 7.97. The third kappa shape index (κ3) is 2.24. The molecule has 0 aromatic heterocycles. The molecule has 0 bridgehead atoms. The topological polar surface area (TPSA) is 21.3 Å². The Morgan fingerprint density at radius 2 is 1.80 bits per heavy atom. The minimum atomic E-state index is 0.0451. The molecule has 1 aromatic carbocycles. The lowest BCUT2D eigenvalue weighted by molar-refractivity contribution is -0.180. The predicted molar refractivity (Wildman–Crippen MR) is 84.1 cm³/mol. The van der Waals surface area contributed by atoms with Crippen LogP contribution in [0.5, 0.6) is 0 Å². The fourth-order valence-electron chi connectivity index (χ4n) is 4.38. The molecular formula is C17H22BrNO. The van der Waals surface area contributed by atoms with E-state index in [1.165, 1.54) is 41.3 Å². The minimum Gasteiger partial charge on any atom is -0.366 e. The predicted octanol–water partition coefficient (Wildman–Crippen LogP) is 3.61. The molecule has 108 valence electrons. The van der Waals surface area contributed by atoms with Crippen LogP contribution >= 0.6 is 15.9 Å². The first-order valence-corrected chi connectivity index (χ1v) is 8.66. The van der Waals surface area contributed by atoms with Crippen LogP contribution in [0.25, 0.3) is 0 Å². The van der Waals surface area contributed by atoms with Gasteiger partial charge in [-0.25, -0.2) is 0 Å². The molecule has 2 aliphatic carbocycles. The second-order valence-corrected chi connectivity index (χ2v) is 7.78. The fraction of sp³-hybridized carbons (Fsp3) is 0.647. The van der Waals surface area contributed by atoms with Crippen molar-refractivity contribution in [3.05, 3.63) is 33.8 Å². The number of nitrogens with one attached hydrogen (secondary N) is 1. The molecule has 0 radical (unpaired) electrons. The quantitative estimate of drug-likeness (QED) is 0.781. The molecule has 1 saturated heterocycles. The van der Waals surface area contributed by atoms with Gasteiger partial charge in [0.05, 0.1) is 11.2 Å². The van der Waals surface area contributed by atoms with Crippen molar-refractivity contribution < 1.29 is 4.74 Å². The van der Waals surface area contributed by atoms with Gasteiger partial charge in [-0.3, -0.25) is 0 Å². The number of hydrogen-bond donors (Lipinski definition) is 1. The summed E-state index contributed by atoms with van der Waals surface area (Å²) in [5.41, 5.74) is 3.17. The van der Waals surface area contributed by atoms with Crippen LogP contribution in [-0.4, -0.2) is 24.3 Å². The summed E-state index contributed by atoms with van der Waals surface area (Å²) in [7, 11) is 0.